The summed E-state index contributed by atoms with van der Waals surface area (Å²) in [5.41, 5.74) is 0.0438. The maximum Gasteiger partial charge on any atom is 0.0891 e. The molecule has 1 unspecified atom stereocenters. The predicted molar refractivity (Wildman–Crippen MR) is 39.8 cm³/mol. The van der Waals surface area contributed by atoms with Crippen LogP contribution in [-0.4, -0.2) is 23.4 Å². The van der Waals surface area contributed by atoms with Crippen LogP contribution in [0.2, 0.25) is 0 Å². The fourth-order valence-electron chi connectivity index (χ4n) is 1.25. The first-order valence-corrected chi connectivity index (χ1v) is 3.70. The zero-order valence-electron chi connectivity index (χ0n) is 7.14. The van der Waals surface area contributed by atoms with E-state index >= 15 is 0 Å². The van der Waals surface area contributed by atoms with E-state index in [0.29, 0.717) is 0 Å². The summed E-state index contributed by atoms with van der Waals surface area (Å²) in [4.78, 5) is 0. The summed E-state index contributed by atoms with van der Waals surface area (Å²) in [6.07, 6.45) is 0.0301. The van der Waals surface area contributed by atoms with Crippen molar-refractivity contribution in [3.05, 3.63) is 0 Å². The van der Waals surface area contributed by atoms with Crippen molar-refractivity contribution >= 4 is 0 Å². The van der Waals surface area contributed by atoms with Gasteiger partial charge in [-0.05, 0) is 13.8 Å². The molecule has 0 amide bonds. The van der Waals surface area contributed by atoms with Crippen LogP contribution in [-0.2, 0) is 4.74 Å². The van der Waals surface area contributed by atoms with Crippen molar-refractivity contribution in [3.63, 3.8) is 0 Å². The Hall–Kier alpha value is -0.0800. The molecule has 2 heteroatoms. The zero-order valence-corrected chi connectivity index (χ0v) is 7.14. The molecule has 60 valence electrons. The molecular formula is C8H16O2. The van der Waals surface area contributed by atoms with E-state index in [2.05, 4.69) is 27.7 Å². The third-order valence-corrected chi connectivity index (χ3v) is 2.96. The summed E-state index contributed by atoms with van der Waals surface area (Å²) in [6, 6.07) is 0. The molecule has 1 saturated heterocycles. The highest BCUT2D eigenvalue weighted by Gasteiger charge is 2.55. The Balaban J connectivity index is 2.65. The molecule has 0 bridgehead atoms. The summed E-state index contributed by atoms with van der Waals surface area (Å²) in [6.45, 7) is 8.49. The summed E-state index contributed by atoms with van der Waals surface area (Å²) >= 11 is 0. The van der Waals surface area contributed by atoms with Gasteiger partial charge in [-0.2, -0.15) is 0 Å². The van der Waals surface area contributed by atoms with Crippen LogP contribution in [0.4, 0.5) is 0 Å². The van der Waals surface area contributed by atoms with Gasteiger partial charge in [-0.15, -0.1) is 0 Å². The Morgan fingerprint density at radius 2 is 1.80 bits per heavy atom. The maximum atomic E-state index is 8.83. The van der Waals surface area contributed by atoms with Crippen LogP contribution < -0.4 is 0 Å². The monoisotopic (exact) mass is 144 g/mol. The molecule has 1 rings (SSSR count). The first-order valence-electron chi connectivity index (χ1n) is 3.70. The molecule has 0 spiro atoms. The van der Waals surface area contributed by atoms with Crippen molar-refractivity contribution in [2.75, 3.05) is 6.61 Å². The van der Waals surface area contributed by atoms with Crippen molar-refractivity contribution < 1.29 is 9.84 Å². The van der Waals surface area contributed by atoms with Crippen LogP contribution in [0.5, 0.6) is 0 Å². The average molecular weight is 144 g/mol. The fourth-order valence-corrected chi connectivity index (χ4v) is 1.25. The van der Waals surface area contributed by atoms with E-state index < -0.39 is 0 Å². The van der Waals surface area contributed by atoms with Crippen molar-refractivity contribution in [1.82, 2.24) is 0 Å². The van der Waals surface area contributed by atoms with Gasteiger partial charge in [-0.25, -0.2) is 0 Å². The molecule has 0 radical (unpaired) electrons. The Kier molecular flexibility index (Phi) is 1.57. The van der Waals surface area contributed by atoms with Gasteiger partial charge in [0.05, 0.1) is 18.3 Å². The molecule has 2 nitrogen and oxygen atoms in total. The lowest BCUT2D eigenvalue weighted by molar-refractivity contribution is -0.298. The second-order valence-corrected chi connectivity index (χ2v) is 4.02. The maximum absolute atomic E-state index is 8.83. The topological polar surface area (TPSA) is 29.5 Å². The van der Waals surface area contributed by atoms with E-state index in [4.69, 9.17) is 9.84 Å². The highest BCUT2D eigenvalue weighted by molar-refractivity contribution is 5.02. The van der Waals surface area contributed by atoms with Gasteiger partial charge in [0.2, 0.25) is 0 Å². The summed E-state index contributed by atoms with van der Waals surface area (Å²) in [7, 11) is 0. The van der Waals surface area contributed by atoms with E-state index in [1.165, 1.54) is 0 Å². The highest BCUT2D eigenvalue weighted by atomic mass is 16.5. The Morgan fingerprint density at radius 3 is 1.90 bits per heavy atom. The fraction of sp³-hybridized carbons (Fsp3) is 1.00. The van der Waals surface area contributed by atoms with Crippen molar-refractivity contribution in [1.29, 1.82) is 0 Å². The van der Waals surface area contributed by atoms with Crippen LogP contribution in [0.1, 0.15) is 27.7 Å². The minimum atomic E-state index is -0.0691. The average Bonchev–Trinajstić information content (AvgIpc) is 1.83. The Bertz CT molecular complexity index is 138. The standard InChI is InChI=1S/C8H16O2/c1-7(2)6(5-9)10-8(7,3)4/h6,9H,5H2,1-4H3. The lowest BCUT2D eigenvalue weighted by atomic mass is 9.67. The van der Waals surface area contributed by atoms with Crippen molar-refractivity contribution in [2.45, 2.75) is 39.4 Å². The van der Waals surface area contributed by atoms with E-state index in [1.807, 2.05) is 0 Å². The number of aliphatic hydroxyl groups is 1. The Labute approximate surface area is 62.2 Å². The van der Waals surface area contributed by atoms with Gasteiger partial charge in [0.25, 0.3) is 0 Å². The molecule has 0 aliphatic carbocycles. The molecule has 1 N–H and O–H groups in total. The van der Waals surface area contributed by atoms with Gasteiger partial charge in [0.1, 0.15) is 0 Å². The van der Waals surface area contributed by atoms with Crippen molar-refractivity contribution in [2.24, 2.45) is 5.41 Å². The molecule has 0 aromatic carbocycles. The van der Waals surface area contributed by atoms with E-state index in [1.54, 1.807) is 0 Å². The first-order chi connectivity index (χ1) is 4.42. The summed E-state index contributed by atoms with van der Waals surface area (Å²) < 4.78 is 5.44. The van der Waals surface area contributed by atoms with Gasteiger partial charge in [-0.3, -0.25) is 0 Å². The molecule has 1 fully saturated rings. The molecule has 0 aromatic rings. The number of hydrogen-bond donors (Lipinski definition) is 1. The summed E-state index contributed by atoms with van der Waals surface area (Å²) in [5.74, 6) is 0. The third-order valence-electron chi connectivity index (χ3n) is 2.96. The normalized spacial score (nSPS) is 35.1. The SMILES string of the molecule is CC1(C)OC(CO)C1(C)C. The summed E-state index contributed by atoms with van der Waals surface area (Å²) in [5, 5.41) is 8.83. The van der Waals surface area contributed by atoms with Gasteiger partial charge in [0.15, 0.2) is 0 Å². The smallest absolute Gasteiger partial charge is 0.0891 e. The molecule has 0 saturated carbocycles. The second kappa shape index (κ2) is 1.95. The molecule has 1 atom stereocenters. The molecule has 1 aliphatic rings. The predicted octanol–water partition coefficient (Wildman–Crippen LogP) is 1.18. The van der Waals surface area contributed by atoms with Crippen LogP contribution in [0.25, 0.3) is 0 Å². The Morgan fingerprint density at radius 1 is 1.30 bits per heavy atom. The van der Waals surface area contributed by atoms with Gasteiger partial charge < -0.3 is 9.84 Å². The van der Waals surface area contributed by atoms with Gasteiger partial charge >= 0.3 is 0 Å². The largest absolute Gasteiger partial charge is 0.394 e. The van der Waals surface area contributed by atoms with Gasteiger partial charge in [-0.1, -0.05) is 13.8 Å². The molecule has 1 heterocycles. The molecule has 0 aromatic heterocycles. The number of ether oxygens (including phenoxy) is 1. The van der Waals surface area contributed by atoms with Crippen LogP contribution in [0.15, 0.2) is 0 Å². The quantitative estimate of drug-likeness (QED) is 0.599. The third kappa shape index (κ3) is 0.789. The number of hydrogen-bond acceptors (Lipinski definition) is 2. The van der Waals surface area contributed by atoms with E-state index in [9.17, 15) is 0 Å². The van der Waals surface area contributed by atoms with Gasteiger partial charge in [0, 0.05) is 5.41 Å². The molecule has 10 heavy (non-hydrogen) atoms. The first kappa shape index (κ1) is 8.02. The molecular weight excluding hydrogens is 128 g/mol. The number of aliphatic hydroxyl groups excluding tert-OH is 1. The lowest BCUT2D eigenvalue weighted by Gasteiger charge is -2.57. The van der Waals surface area contributed by atoms with Crippen LogP contribution in [0, 0.1) is 5.41 Å². The minimum Gasteiger partial charge on any atom is -0.394 e. The highest BCUT2D eigenvalue weighted by Crippen LogP contribution is 2.48. The molecule has 1 aliphatic heterocycles. The number of rotatable bonds is 1. The zero-order chi connectivity index (χ0) is 7.99. The van der Waals surface area contributed by atoms with E-state index in [0.717, 1.165) is 0 Å². The van der Waals surface area contributed by atoms with Crippen LogP contribution in [0.3, 0.4) is 0 Å². The van der Waals surface area contributed by atoms with Crippen molar-refractivity contribution in [3.8, 4) is 0 Å². The van der Waals surface area contributed by atoms with E-state index in [-0.39, 0.29) is 23.7 Å². The van der Waals surface area contributed by atoms with Crippen LogP contribution >= 0.6 is 0 Å². The second-order valence-electron chi connectivity index (χ2n) is 4.02. The minimum absolute atomic E-state index is 0.0301. The lowest BCUT2D eigenvalue weighted by Crippen LogP contribution is -2.64.